The van der Waals surface area contributed by atoms with Gasteiger partial charge in [-0.25, -0.2) is 0 Å². The molecule has 0 aliphatic rings. The molecule has 3 nitrogen and oxygen atoms in total. The quantitative estimate of drug-likeness (QED) is 0.576. The number of carboxylic acid groups (broad SMARTS) is 1. The van der Waals surface area contributed by atoms with Gasteiger partial charge in [0.2, 0.25) is 0 Å². The highest BCUT2D eigenvalue weighted by Gasteiger charge is 1.98. The maximum Gasteiger partial charge on any atom is 0.304 e. The van der Waals surface area contributed by atoms with E-state index in [-0.39, 0.29) is 24.9 Å². The molecular weight excluding hydrogens is 130 g/mol. The van der Waals surface area contributed by atoms with Crippen molar-refractivity contribution in [2.75, 3.05) is 0 Å². The van der Waals surface area contributed by atoms with Gasteiger partial charge in [0, 0.05) is 6.04 Å². The first-order valence-corrected chi connectivity index (χ1v) is 2.10. The van der Waals surface area contributed by atoms with Gasteiger partial charge >= 0.3 is 5.97 Å². The molecular formula is C4H10ClNO2. The van der Waals surface area contributed by atoms with E-state index in [4.69, 9.17) is 10.8 Å². The third-order valence-corrected chi connectivity index (χ3v) is 0.497. The molecule has 0 unspecified atom stereocenters. The zero-order chi connectivity index (χ0) is 5.86. The number of rotatable bonds is 2. The summed E-state index contributed by atoms with van der Waals surface area (Å²) < 4.78 is 0. The molecule has 3 N–H and O–H groups in total. The van der Waals surface area contributed by atoms with Crippen LogP contribution in [0.25, 0.3) is 0 Å². The lowest BCUT2D eigenvalue weighted by Crippen LogP contribution is -2.18. The van der Waals surface area contributed by atoms with Crippen molar-refractivity contribution < 1.29 is 9.90 Å². The summed E-state index contributed by atoms with van der Waals surface area (Å²) in [7, 11) is 0. The van der Waals surface area contributed by atoms with Crippen LogP contribution in [0.1, 0.15) is 13.3 Å². The lowest BCUT2D eigenvalue weighted by Gasteiger charge is -1.95. The summed E-state index contributed by atoms with van der Waals surface area (Å²) >= 11 is 0. The standard InChI is InChI=1S/C4H9NO2.ClH/c1-3(5)2-4(6)7;/h3H,2,5H2,1H3,(H,6,7);1H/t3-;/m0./s1. The molecule has 50 valence electrons. The highest BCUT2D eigenvalue weighted by atomic mass is 35.5. The van der Waals surface area contributed by atoms with Crippen LogP contribution >= 0.6 is 12.4 Å². The first-order valence-electron chi connectivity index (χ1n) is 2.10. The number of halogens is 1. The molecule has 1 atom stereocenters. The average Bonchev–Trinajstić information content (AvgIpc) is 1.27. The van der Waals surface area contributed by atoms with Crippen LogP contribution in [0, 0.1) is 0 Å². The fraction of sp³-hybridized carbons (Fsp3) is 0.750. The van der Waals surface area contributed by atoms with Gasteiger partial charge in [-0.3, -0.25) is 4.79 Å². The van der Waals surface area contributed by atoms with E-state index >= 15 is 0 Å². The van der Waals surface area contributed by atoms with Gasteiger partial charge in [-0.05, 0) is 6.92 Å². The molecule has 0 radical (unpaired) electrons. The Balaban J connectivity index is 0. The summed E-state index contributed by atoms with van der Waals surface area (Å²) in [6.45, 7) is 1.66. The number of nitrogens with two attached hydrogens (primary N) is 1. The molecule has 0 aromatic carbocycles. The molecule has 0 bridgehead atoms. The third kappa shape index (κ3) is 9.21. The van der Waals surface area contributed by atoms with Crippen LogP contribution in [0.4, 0.5) is 0 Å². The molecule has 0 amide bonds. The number of carboxylic acids is 1. The van der Waals surface area contributed by atoms with Crippen LogP contribution < -0.4 is 5.73 Å². The van der Waals surface area contributed by atoms with Gasteiger partial charge in [-0.1, -0.05) is 0 Å². The van der Waals surface area contributed by atoms with Crippen molar-refractivity contribution in [3.8, 4) is 0 Å². The maximum absolute atomic E-state index is 9.73. The predicted molar refractivity (Wildman–Crippen MR) is 33.2 cm³/mol. The van der Waals surface area contributed by atoms with Crippen molar-refractivity contribution in [2.24, 2.45) is 5.73 Å². The van der Waals surface area contributed by atoms with Crippen molar-refractivity contribution in [2.45, 2.75) is 19.4 Å². The molecule has 0 aliphatic heterocycles. The van der Waals surface area contributed by atoms with Crippen molar-refractivity contribution in [1.29, 1.82) is 0 Å². The minimum absolute atomic E-state index is 0. The summed E-state index contributed by atoms with van der Waals surface area (Å²) in [5, 5.41) is 8.00. The van der Waals surface area contributed by atoms with E-state index in [0.29, 0.717) is 0 Å². The smallest absolute Gasteiger partial charge is 0.304 e. The minimum atomic E-state index is -0.838. The number of aliphatic carboxylic acids is 1. The molecule has 4 heteroatoms. The fourth-order valence-electron chi connectivity index (χ4n) is 0.275. The highest BCUT2D eigenvalue weighted by molar-refractivity contribution is 5.85. The molecule has 0 saturated heterocycles. The van der Waals surface area contributed by atoms with Gasteiger partial charge in [-0.2, -0.15) is 0 Å². The van der Waals surface area contributed by atoms with Crippen LogP contribution in [0.2, 0.25) is 0 Å². The normalized spacial score (nSPS) is 11.8. The summed E-state index contributed by atoms with van der Waals surface area (Å²) in [6, 6.07) is -0.225. The Labute approximate surface area is 54.3 Å². The van der Waals surface area contributed by atoms with Crippen LogP contribution in [0.15, 0.2) is 0 Å². The lowest BCUT2D eigenvalue weighted by atomic mass is 10.3. The van der Waals surface area contributed by atoms with Crippen LogP contribution in [0.3, 0.4) is 0 Å². The average molecular weight is 140 g/mol. The van der Waals surface area contributed by atoms with E-state index in [0.717, 1.165) is 0 Å². The summed E-state index contributed by atoms with van der Waals surface area (Å²) in [5.41, 5.74) is 5.11. The third-order valence-electron chi connectivity index (χ3n) is 0.497. The molecule has 0 aromatic heterocycles. The zero-order valence-electron chi connectivity index (χ0n) is 4.63. The van der Waals surface area contributed by atoms with Gasteiger partial charge in [0.25, 0.3) is 0 Å². The molecule has 8 heavy (non-hydrogen) atoms. The topological polar surface area (TPSA) is 63.3 Å². The van der Waals surface area contributed by atoms with Crippen molar-refractivity contribution in [3.05, 3.63) is 0 Å². The summed E-state index contributed by atoms with van der Waals surface area (Å²) in [6.07, 6.45) is 0.0556. The number of hydrogen-bond acceptors (Lipinski definition) is 2. The number of hydrogen-bond donors (Lipinski definition) is 2. The van der Waals surface area contributed by atoms with Crippen molar-refractivity contribution >= 4 is 18.4 Å². The summed E-state index contributed by atoms with van der Waals surface area (Å²) in [4.78, 5) is 9.73. The van der Waals surface area contributed by atoms with Crippen LogP contribution in [-0.2, 0) is 4.79 Å². The van der Waals surface area contributed by atoms with Gasteiger partial charge in [0.05, 0.1) is 6.42 Å². The van der Waals surface area contributed by atoms with E-state index in [1.54, 1.807) is 6.92 Å². The van der Waals surface area contributed by atoms with Crippen LogP contribution in [0.5, 0.6) is 0 Å². The van der Waals surface area contributed by atoms with E-state index in [1.807, 2.05) is 0 Å². The van der Waals surface area contributed by atoms with E-state index in [1.165, 1.54) is 0 Å². The maximum atomic E-state index is 9.73. The summed E-state index contributed by atoms with van der Waals surface area (Å²) in [5.74, 6) is -0.838. The van der Waals surface area contributed by atoms with Gasteiger partial charge in [-0.15, -0.1) is 12.4 Å². The Morgan fingerprint density at radius 1 is 1.88 bits per heavy atom. The van der Waals surface area contributed by atoms with E-state index in [2.05, 4.69) is 0 Å². The first-order chi connectivity index (χ1) is 3.13. The highest BCUT2D eigenvalue weighted by Crippen LogP contribution is 1.82. The van der Waals surface area contributed by atoms with Gasteiger partial charge in [0.1, 0.15) is 0 Å². The Morgan fingerprint density at radius 3 is 2.25 bits per heavy atom. The molecule has 0 fully saturated rings. The molecule has 0 heterocycles. The lowest BCUT2D eigenvalue weighted by molar-refractivity contribution is -0.137. The SMILES string of the molecule is C[C@H](N)CC(=O)O.Cl. The second kappa shape index (κ2) is 4.87. The van der Waals surface area contributed by atoms with Crippen LogP contribution in [-0.4, -0.2) is 17.1 Å². The Kier molecular flexibility index (Phi) is 6.48. The Morgan fingerprint density at radius 2 is 2.25 bits per heavy atom. The van der Waals surface area contributed by atoms with Crippen molar-refractivity contribution in [1.82, 2.24) is 0 Å². The second-order valence-corrected chi connectivity index (χ2v) is 1.58. The van der Waals surface area contributed by atoms with Crippen molar-refractivity contribution in [3.63, 3.8) is 0 Å². The fourth-order valence-corrected chi connectivity index (χ4v) is 0.275. The largest absolute Gasteiger partial charge is 0.481 e. The predicted octanol–water partition coefficient (Wildman–Crippen LogP) is 0.230. The second-order valence-electron chi connectivity index (χ2n) is 1.58. The zero-order valence-corrected chi connectivity index (χ0v) is 5.44. The van der Waals surface area contributed by atoms with E-state index < -0.39 is 5.97 Å². The molecule has 0 aliphatic carbocycles. The minimum Gasteiger partial charge on any atom is -0.481 e. The molecule has 0 saturated carbocycles. The Bertz CT molecular complexity index is 74.4. The molecule has 0 aromatic rings. The molecule has 0 spiro atoms. The Hall–Kier alpha value is -0.280. The molecule has 0 rings (SSSR count). The monoisotopic (exact) mass is 139 g/mol. The number of carbonyl (C=O) groups is 1. The first kappa shape index (κ1) is 10.7. The van der Waals surface area contributed by atoms with Gasteiger partial charge in [0.15, 0.2) is 0 Å². The van der Waals surface area contributed by atoms with Gasteiger partial charge < -0.3 is 10.8 Å². The van der Waals surface area contributed by atoms with E-state index in [9.17, 15) is 4.79 Å².